The SMILES string of the molecule is Cn1nc(C(C)(C)C)cc1NC(=O)Nc1ccc(B2OC(C)(C)C(C)(C)O2)cc1F. The van der Waals surface area contributed by atoms with Crippen molar-refractivity contribution in [3.8, 4) is 0 Å². The van der Waals surface area contributed by atoms with Gasteiger partial charge >= 0.3 is 13.1 Å². The minimum Gasteiger partial charge on any atom is -0.399 e. The molecule has 2 heterocycles. The Hall–Kier alpha value is -2.39. The molecule has 1 aliphatic heterocycles. The number of carbonyl (C=O) groups excluding carboxylic acids is 1. The first kappa shape index (κ1) is 22.3. The number of hydrogen-bond donors (Lipinski definition) is 2. The average molecular weight is 416 g/mol. The summed E-state index contributed by atoms with van der Waals surface area (Å²) in [5.74, 6) is -0.0515. The smallest absolute Gasteiger partial charge is 0.399 e. The average Bonchev–Trinajstić information content (AvgIpc) is 3.06. The van der Waals surface area contributed by atoms with Crippen LogP contribution in [0.4, 0.5) is 20.7 Å². The second-order valence-corrected chi connectivity index (χ2v) is 9.70. The Kier molecular flexibility index (Phi) is 5.49. The number of amides is 2. The van der Waals surface area contributed by atoms with E-state index in [1.54, 1.807) is 23.9 Å². The van der Waals surface area contributed by atoms with Gasteiger partial charge in [-0.1, -0.05) is 26.8 Å². The molecule has 0 atom stereocenters. The molecule has 1 aromatic carbocycles. The summed E-state index contributed by atoms with van der Waals surface area (Å²) in [6.45, 7) is 13.9. The normalized spacial score (nSPS) is 17.8. The number of aromatic nitrogens is 2. The molecule has 1 aliphatic rings. The number of nitrogens with one attached hydrogen (secondary N) is 2. The topological polar surface area (TPSA) is 77.4 Å². The summed E-state index contributed by atoms with van der Waals surface area (Å²) in [6.07, 6.45) is 0. The molecule has 3 rings (SSSR count). The largest absolute Gasteiger partial charge is 0.494 e. The van der Waals surface area contributed by atoms with Crippen LogP contribution in [0.2, 0.25) is 0 Å². The van der Waals surface area contributed by atoms with Crippen LogP contribution in [0.3, 0.4) is 0 Å². The molecule has 2 N–H and O–H groups in total. The van der Waals surface area contributed by atoms with Gasteiger partial charge in [-0.2, -0.15) is 5.10 Å². The van der Waals surface area contributed by atoms with Gasteiger partial charge in [0.25, 0.3) is 0 Å². The third kappa shape index (κ3) is 4.37. The van der Waals surface area contributed by atoms with Crippen molar-refractivity contribution < 1.29 is 18.5 Å². The Morgan fingerprint density at radius 3 is 2.20 bits per heavy atom. The highest BCUT2D eigenvalue weighted by Gasteiger charge is 2.51. The van der Waals surface area contributed by atoms with Crippen LogP contribution in [0.1, 0.15) is 54.2 Å². The molecule has 7 nitrogen and oxygen atoms in total. The maximum Gasteiger partial charge on any atom is 0.494 e. The maximum absolute atomic E-state index is 14.7. The first-order chi connectivity index (χ1) is 13.7. The number of urea groups is 1. The molecule has 0 spiro atoms. The summed E-state index contributed by atoms with van der Waals surface area (Å²) in [6, 6.07) is 5.75. The number of aryl methyl sites for hydroxylation is 1. The van der Waals surface area contributed by atoms with Crippen molar-refractivity contribution in [3.63, 3.8) is 0 Å². The van der Waals surface area contributed by atoms with Crippen molar-refractivity contribution in [2.45, 2.75) is 65.1 Å². The van der Waals surface area contributed by atoms with Crippen LogP contribution in [-0.2, 0) is 21.8 Å². The van der Waals surface area contributed by atoms with Gasteiger partial charge in [0.05, 0.1) is 22.6 Å². The van der Waals surface area contributed by atoms with E-state index in [0.29, 0.717) is 11.3 Å². The molecule has 2 aromatic rings. The number of benzene rings is 1. The Morgan fingerprint density at radius 2 is 1.70 bits per heavy atom. The second-order valence-electron chi connectivity index (χ2n) is 9.70. The fourth-order valence-corrected chi connectivity index (χ4v) is 2.98. The van der Waals surface area contributed by atoms with Gasteiger partial charge in [-0.3, -0.25) is 10.00 Å². The fraction of sp³-hybridized carbons (Fsp3) is 0.524. The molecule has 0 unspecified atom stereocenters. The first-order valence-corrected chi connectivity index (χ1v) is 9.97. The van der Waals surface area contributed by atoms with Crippen LogP contribution in [0.15, 0.2) is 24.3 Å². The van der Waals surface area contributed by atoms with Crippen molar-refractivity contribution in [1.82, 2.24) is 9.78 Å². The van der Waals surface area contributed by atoms with Gasteiger partial charge < -0.3 is 14.6 Å². The van der Waals surface area contributed by atoms with Crippen molar-refractivity contribution >= 4 is 30.1 Å². The predicted octanol–water partition coefficient (Wildman–Crippen LogP) is 3.80. The van der Waals surface area contributed by atoms with Crippen LogP contribution in [0.25, 0.3) is 0 Å². The van der Waals surface area contributed by atoms with Crippen LogP contribution in [0, 0.1) is 5.82 Å². The molecular weight excluding hydrogens is 386 g/mol. The quantitative estimate of drug-likeness (QED) is 0.747. The predicted molar refractivity (Wildman–Crippen MR) is 117 cm³/mol. The Morgan fingerprint density at radius 1 is 1.10 bits per heavy atom. The lowest BCUT2D eigenvalue weighted by molar-refractivity contribution is 0.00578. The first-order valence-electron chi connectivity index (χ1n) is 9.97. The molecule has 1 saturated heterocycles. The molecule has 162 valence electrons. The summed E-state index contributed by atoms with van der Waals surface area (Å²) < 4.78 is 28.1. The molecule has 0 saturated carbocycles. The summed E-state index contributed by atoms with van der Waals surface area (Å²) in [5, 5.41) is 9.65. The van der Waals surface area contributed by atoms with Gasteiger partial charge in [-0.15, -0.1) is 0 Å². The van der Waals surface area contributed by atoms with Gasteiger partial charge in [0.15, 0.2) is 0 Å². The van der Waals surface area contributed by atoms with Crippen molar-refractivity contribution in [3.05, 3.63) is 35.8 Å². The maximum atomic E-state index is 14.7. The summed E-state index contributed by atoms with van der Waals surface area (Å²) in [4.78, 5) is 12.4. The third-order valence-corrected chi connectivity index (χ3v) is 5.66. The molecule has 30 heavy (non-hydrogen) atoms. The molecule has 9 heteroatoms. The van der Waals surface area contributed by atoms with Crippen molar-refractivity contribution in [2.75, 3.05) is 10.6 Å². The number of rotatable bonds is 3. The van der Waals surface area contributed by atoms with Gasteiger partial charge in [0.1, 0.15) is 11.6 Å². The van der Waals surface area contributed by atoms with E-state index in [2.05, 4.69) is 15.7 Å². The van der Waals surface area contributed by atoms with E-state index in [-0.39, 0.29) is 11.1 Å². The Labute approximate surface area is 177 Å². The van der Waals surface area contributed by atoms with E-state index < -0.39 is 30.2 Å². The fourth-order valence-electron chi connectivity index (χ4n) is 2.98. The Bertz CT molecular complexity index is 950. The molecule has 2 amide bonds. The van der Waals surface area contributed by atoms with E-state index in [4.69, 9.17) is 9.31 Å². The van der Waals surface area contributed by atoms with Crippen LogP contribution in [0.5, 0.6) is 0 Å². The number of halogens is 1. The number of anilines is 2. The zero-order chi connectivity index (χ0) is 22.5. The monoisotopic (exact) mass is 416 g/mol. The minimum absolute atomic E-state index is 0.0611. The summed E-state index contributed by atoms with van der Waals surface area (Å²) in [7, 11) is 1.07. The lowest BCUT2D eigenvalue weighted by atomic mass is 9.79. The number of hydrogen-bond acceptors (Lipinski definition) is 4. The summed E-state index contributed by atoms with van der Waals surface area (Å²) in [5.41, 5.74) is 0.284. The van der Waals surface area contributed by atoms with Gasteiger partial charge in [0.2, 0.25) is 0 Å². The van der Waals surface area contributed by atoms with E-state index in [0.717, 1.165) is 5.69 Å². The lowest BCUT2D eigenvalue weighted by Gasteiger charge is -2.32. The Balaban J connectivity index is 1.70. The van der Waals surface area contributed by atoms with Crippen LogP contribution >= 0.6 is 0 Å². The van der Waals surface area contributed by atoms with E-state index in [9.17, 15) is 9.18 Å². The number of carbonyl (C=O) groups is 1. The minimum atomic E-state index is -0.669. The van der Waals surface area contributed by atoms with E-state index >= 15 is 0 Å². The van der Waals surface area contributed by atoms with Gasteiger partial charge in [-0.05, 0) is 45.3 Å². The molecular formula is C21H30BFN4O3. The molecule has 0 aliphatic carbocycles. The van der Waals surface area contributed by atoms with Gasteiger partial charge in [-0.25, -0.2) is 9.18 Å². The second kappa shape index (κ2) is 7.39. The van der Waals surface area contributed by atoms with Crippen LogP contribution < -0.4 is 16.1 Å². The molecule has 1 aromatic heterocycles. The van der Waals surface area contributed by atoms with E-state index in [1.165, 1.54) is 12.1 Å². The van der Waals surface area contributed by atoms with Crippen molar-refractivity contribution in [1.29, 1.82) is 0 Å². The lowest BCUT2D eigenvalue weighted by Crippen LogP contribution is -2.41. The van der Waals surface area contributed by atoms with Crippen molar-refractivity contribution in [2.24, 2.45) is 7.05 Å². The highest BCUT2D eigenvalue weighted by Crippen LogP contribution is 2.36. The zero-order valence-corrected chi connectivity index (χ0v) is 18.9. The zero-order valence-electron chi connectivity index (χ0n) is 18.9. The highest BCUT2D eigenvalue weighted by atomic mass is 19.1. The molecule has 0 radical (unpaired) electrons. The summed E-state index contributed by atoms with van der Waals surface area (Å²) >= 11 is 0. The molecule has 1 fully saturated rings. The van der Waals surface area contributed by atoms with Gasteiger partial charge in [0, 0.05) is 18.5 Å². The molecule has 0 bridgehead atoms. The highest BCUT2D eigenvalue weighted by molar-refractivity contribution is 6.62. The van der Waals surface area contributed by atoms with Crippen LogP contribution in [-0.4, -0.2) is 34.1 Å². The number of nitrogens with zero attached hydrogens (tertiary/aromatic N) is 2. The third-order valence-electron chi connectivity index (χ3n) is 5.66. The standard InChI is InChI=1S/C21H30BFN4O3/c1-19(2,3)16-12-17(27(8)26-16)25-18(28)24-15-10-9-13(11-14(15)23)22-29-20(4,5)21(6,7)30-22/h9-12H,1-8H3,(H2,24,25,28). The van der Waals surface area contributed by atoms with E-state index in [1.807, 2.05) is 48.5 Å².